The van der Waals surface area contributed by atoms with Crippen LogP contribution < -0.4 is 5.32 Å². The van der Waals surface area contributed by atoms with Crippen LogP contribution in [0.5, 0.6) is 0 Å². The van der Waals surface area contributed by atoms with E-state index in [1.165, 1.54) is 12.1 Å². The minimum absolute atomic E-state index is 0.166. The fourth-order valence-corrected chi connectivity index (χ4v) is 4.64. The predicted octanol–water partition coefficient (Wildman–Crippen LogP) is 8.42. The average Bonchev–Trinajstić information content (AvgIpc) is 3.24. The highest BCUT2D eigenvalue weighted by molar-refractivity contribution is 5.95. The maximum atomic E-state index is 14.5. The molecule has 0 saturated carbocycles. The van der Waals surface area contributed by atoms with Gasteiger partial charge in [-0.1, -0.05) is 48.0 Å². The van der Waals surface area contributed by atoms with Crippen molar-refractivity contribution in [3.8, 4) is 11.3 Å². The Morgan fingerprint density at radius 1 is 0.846 bits per heavy atom. The van der Waals surface area contributed by atoms with E-state index < -0.39 is 41.3 Å². The topological polar surface area (TPSA) is 29.9 Å². The fourth-order valence-electron chi connectivity index (χ4n) is 4.64. The molecule has 5 rings (SSSR count). The quantitative estimate of drug-likeness (QED) is 0.220. The third-order valence-corrected chi connectivity index (χ3v) is 6.61. The Labute approximate surface area is 220 Å². The molecular weight excluding hydrogens is 516 g/mol. The van der Waals surface area contributed by atoms with Crippen molar-refractivity contribution in [2.75, 3.05) is 5.32 Å². The second-order valence-corrected chi connectivity index (χ2v) is 9.42. The molecule has 0 atom stereocenters. The lowest BCUT2D eigenvalue weighted by molar-refractivity contribution is -0.136. The van der Waals surface area contributed by atoms with Gasteiger partial charge >= 0.3 is 6.18 Å². The van der Waals surface area contributed by atoms with Crippen molar-refractivity contribution in [2.45, 2.75) is 33.1 Å². The molecular formula is C30H23F6N3. The highest BCUT2D eigenvalue weighted by Crippen LogP contribution is 2.39. The summed E-state index contributed by atoms with van der Waals surface area (Å²) in [5.74, 6) is -3.41. The van der Waals surface area contributed by atoms with E-state index >= 15 is 0 Å². The molecule has 4 aromatic carbocycles. The maximum Gasteiger partial charge on any atom is 0.418 e. The van der Waals surface area contributed by atoms with Crippen LogP contribution in [-0.2, 0) is 19.3 Å². The number of halogens is 6. The van der Waals surface area contributed by atoms with Crippen LogP contribution in [0, 0.1) is 31.3 Å². The predicted molar refractivity (Wildman–Crippen MR) is 139 cm³/mol. The van der Waals surface area contributed by atoms with Crippen LogP contribution in [0.15, 0.2) is 72.8 Å². The number of hydrogen-bond acceptors (Lipinski definition) is 2. The molecule has 9 heteroatoms. The van der Waals surface area contributed by atoms with Gasteiger partial charge in [0.15, 0.2) is 0 Å². The second-order valence-electron chi connectivity index (χ2n) is 9.42. The molecule has 0 unspecified atom stereocenters. The number of fused-ring (bicyclic) bond motifs is 1. The van der Waals surface area contributed by atoms with Crippen LogP contribution >= 0.6 is 0 Å². The Kier molecular flexibility index (Phi) is 6.84. The highest BCUT2D eigenvalue weighted by atomic mass is 19.4. The Balaban J connectivity index is 1.62. The average molecular weight is 540 g/mol. The van der Waals surface area contributed by atoms with E-state index in [-0.39, 0.29) is 16.6 Å². The molecule has 0 bridgehead atoms. The number of alkyl halides is 3. The molecule has 3 nitrogen and oxygen atoms in total. The van der Waals surface area contributed by atoms with E-state index in [1.54, 1.807) is 18.2 Å². The summed E-state index contributed by atoms with van der Waals surface area (Å²) in [6.07, 6.45) is -4.70. The van der Waals surface area contributed by atoms with E-state index in [4.69, 9.17) is 0 Å². The Bertz CT molecular complexity index is 1660. The first-order valence-corrected chi connectivity index (χ1v) is 12.1. The molecule has 1 aromatic heterocycles. The van der Waals surface area contributed by atoms with Gasteiger partial charge in [0.05, 0.1) is 17.8 Å². The molecule has 0 radical (unpaired) electrons. The van der Waals surface area contributed by atoms with Crippen LogP contribution in [-0.4, -0.2) is 9.78 Å². The molecule has 1 N–H and O–H groups in total. The zero-order valence-electron chi connectivity index (χ0n) is 21.0. The summed E-state index contributed by atoms with van der Waals surface area (Å²) in [6, 6.07) is 17.8. The summed E-state index contributed by atoms with van der Waals surface area (Å²) < 4.78 is 85.2. The Morgan fingerprint density at radius 3 is 2.28 bits per heavy atom. The first-order valence-electron chi connectivity index (χ1n) is 12.1. The monoisotopic (exact) mass is 539 g/mol. The molecule has 0 aliphatic rings. The number of aryl methyl sites for hydroxylation is 2. The van der Waals surface area contributed by atoms with Crippen LogP contribution in [0.1, 0.15) is 27.8 Å². The van der Waals surface area contributed by atoms with Crippen LogP contribution in [0.2, 0.25) is 0 Å². The van der Waals surface area contributed by atoms with Crippen LogP contribution in [0.3, 0.4) is 0 Å². The molecule has 0 aliphatic carbocycles. The minimum Gasteiger partial charge on any atom is -0.381 e. The number of aromatic nitrogens is 2. The second kappa shape index (κ2) is 10.1. The van der Waals surface area contributed by atoms with Gasteiger partial charge in [-0.15, -0.1) is 0 Å². The smallest absolute Gasteiger partial charge is 0.381 e. The lowest BCUT2D eigenvalue weighted by Crippen LogP contribution is -2.09. The van der Waals surface area contributed by atoms with Gasteiger partial charge in [0, 0.05) is 40.9 Å². The van der Waals surface area contributed by atoms with Crippen molar-refractivity contribution in [1.82, 2.24) is 9.78 Å². The maximum absolute atomic E-state index is 14.5. The summed E-state index contributed by atoms with van der Waals surface area (Å²) in [5, 5.41) is 7.65. The summed E-state index contributed by atoms with van der Waals surface area (Å²) in [5.41, 5.74) is 2.91. The third-order valence-electron chi connectivity index (χ3n) is 6.61. The Hall–Kier alpha value is -4.27. The van der Waals surface area contributed by atoms with Crippen molar-refractivity contribution in [1.29, 1.82) is 0 Å². The number of hydrogen-bond donors (Lipinski definition) is 1. The molecule has 0 amide bonds. The molecule has 5 aromatic rings. The van der Waals surface area contributed by atoms with Gasteiger partial charge in [-0.25, -0.2) is 13.2 Å². The lowest BCUT2D eigenvalue weighted by Gasteiger charge is -2.13. The molecule has 0 saturated heterocycles. The zero-order chi connectivity index (χ0) is 27.9. The zero-order valence-corrected chi connectivity index (χ0v) is 21.0. The highest BCUT2D eigenvalue weighted by Gasteiger charge is 2.34. The van der Waals surface area contributed by atoms with Gasteiger partial charge in [-0.05, 0) is 43.2 Å². The fraction of sp³-hybridized carbons (Fsp3) is 0.167. The van der Waals surface area contributed by atoms with Crippen LogP contribution in [0.4, 0.5) is 32.0 Å². The van der Waals surface area contributed by atoms with Gasteiger partial charge < -0.3 is 5.32 Å². The minimum atomic E-state index is -4.70. The summed E-state index contributed by atoms with van der Waals surface area (Å²) in [4.78, 5) is 0. The van der Waals surface area contributed by atoms with Gasteiger partial charge in [0.2, 0.25) is 0 Å². The number of anilines is 1. The summed E-state index contributed by atoms with van der Waals surface area (Å²) >= 11 is 0. The standard InChI is InChI=1S/C30H23F6N3/c1-17-9-10-18(2)20(11-17)15-37-22-6-3-5-19(12-22)29-23-7-4-8-25(30(34,35)36)28(23)38-39(29)16-24-26(32)13-21(31)14-27(24)33/h3-14,37H,15-16H2,1-2H3. The molecule has 0 spiro atoms. The summed E-state index contributed by atoms with van der Waals surface area (Å²) in [6.45, 7) is 3.97. The van der Waals surface area contributed by atoms with E-state index in [2.05, 4.69) is 16.5 Å². The van der Waals surface area contributed by atoms with E-state index in [1.807, 2.05) is 32.0 Å². The number of benzene rings is 4. The van der Waals surface area contributed by atoms with Gasteiger partial charge in [0.1, 0.15) is 23.0 Å². The van der Waals surface area contributed by atoms with Crippen molar-refractivity contribution >= 4 is 16.6 Å². The first kappa shape index (κ1) is 26.3. The number of nitrogens with one attached hydrogen (secondary N) is 1. The number of nitrogens with zero attached hydrogens (tertiary/aromatic N) is 2. The molecule has 200 valence electrons. The third kappa shape index (κ3) is 5.34. The van der Waals surface area contributed by atoms with Crippen molar-refractivity contribution in [3.05, 3.63) is 118 Å². The molecule has 0 fully saturated rings. The lowest BCUT2D eigenvalue weighted by atomic mass is 10.0. The first-order chi connectivity index (χ1) is 18.5. The van der Waals surface area contributed by atoms with E-state index in [0.717, 1.165) is 27.4 Å². The largest absolute Gasteiger partial charge is 0.418 e. The number of rotatable bonds is 6. The van der Waals surface area contributed by atoms with Gasteiger partial charge in [0.25, 0.3) is 0 Å². The molecule has 39 heavy (non-hydrogen) atoms. The van der Waals surface area contributed by atoms with Crippen LogP contribution in [0.25, 0.3) is 22.2 Å². The van der Waals surface area contributed by atoms with Crippen molar-refractivity contribution < 1.29 is 26.3 Å². The Morgan fingerprint density at radius 2 is 1.56 bits per heavy atom. The molecule has 1 heterocycles. The molecule has 0 aliphatic heterocycles. The van der Waals surface area contributed by atoms with E-state index in [0.29, 0.717) is 29.9 Å². The van der Waals surface area contributed by atoms with Gasteiger partial charge in [-0.3, -0.25) is 4.68 Å². The van der Waals surface area contributed by atoms with E-state index in [9.17, 15) is 26.3 Å². The summed E-state index contributed by atoms with van der Waals surface area (Å²) in [7, 11) is 0. The van der Waals surface area contributed by atoms with Crippen molar-refractivity contribution in [3.63, 3.8) is 0 Å². The normalized spacial score (nSPS) is 11.8. The SMILES string of the molecule is Cc1ccc(C)c(CNc2cccc(-c3c4cccc(C(F)(F)F)c4nn3Cc3c(F)cc(F)cc3F)c2)c1. The van der Waals surface area contributed by atoms with Crippen molar-refractivity contribution in [2.24, 2.45) is 0 Å². The van der Waals surface area contributed by atoms with Gasteiger partial charge in [-0.2, -0.15) is 18.3 Å².